The molecule has 0 fully saturated rings. The monoisotopic (exact) mass is 339 g/mol. The Labute approximate surface area is 144 Å². The molecular formula is C19H14ClNO3. The minimum Gasteiger partial charge on any atom is -0.488 e. The Morgan fingerprint density at radius 2 is 1.79 bits per heavy atom. The van der Waals surface area contributed by atoms with Crippen LogP contribution >= 0.6 is 11.6 Å². The van der Waals surface area contributed by atoms with Crippen molar-refractivity contribution in [3.05, 3.63) is 93.1 Å². The fourth-order valence-electron chi connectivity index (χ4n) is 2.45. The van der Waals surface area contributed by atoms with Crippen molar-refractivity contribution in [1.82, 2.24) is 0 Å². The van der Waals surface area contributed by atoms with Crippen molar-refractivity contribution in [2.75, 3.05) is 0 Å². The molecule has 5 heteroatoms. The summed E-state index contributed by atoms with van der Waals surface area (Å²) in [5.41, 5.74) is 1.66. The molecule has 0 bridgehead atoms. The first kappa shape index (κ1) is 16.0. The molecule has 0 N–H and O–H groups in total. The predicted octanol–water partition coefficient (Wildman–Crippen LogP) is 5.32. The summed E-state index contributed by atoms with van der Waals surface area (Å²) in [6, 6.07) is 18.8. The second kappa shape index (κ2) is 7.15. The lowest BCUT2D eigenvalue weighted by Crippen LogP contribution is -1.97. The normalized spacial score (nSPS) is 11.0. The molecule has 0 aliphatic heterocycles. The molecule has 0 spiro atoms. The second-order valence-corrected chi connectivity index (χ2v) is 5.65. The molecule has 0 aliphatic rings. The Morgan fingerprint density at radius 1 is 1.04 bits per heavy atom. The van der Waals surface area contributed by atoms with Gasteiger partial charge in [0.15, 0.2) is 0 Å². The maximum absolute atomic E-state index is 10.7. The van der Waals surface area contributed by atoms with E-state index in [1.54, 1.807) is 12.1 Å². The van der Waals surface area contributed by atoms with Crippen molar-refractivity contribution in [2.24, 2.45) is 0 Å². The van der Waals surface area contributed by atoms with Crippen LogP contribution in [0.15, 0.2) is 66.9 Å². The quantitative estimate of drug-likeness (QED) is 0.467. The molecule has 3 aromatic rings. The number of halogens is 1. The Hall–Kier alpha value is -2.85. The van der Waals surface area contributed by atoms with Gasteiger partial charge in [0.05, 0.1) is 4.92 Å². The van der Waals surface area contributed by atoms with Gasteiger partial charge in [-0.05, 0) is 34.5 Å². The summed E-state index contributed by atoms with van der Waals surface area (Å²) in [4.78, 5) is 10.2. The topological polar surface area (TPSA) is 52.4 Å². The van der Waals surface area contributed by atoms with Gasteiger partial charge in [0.25, 0.3) is 0 Å². The zero-order chi connectivity index (χ0) is 16.9. The van der Waals surface area contributed by atoms with Crippen molar-refractivity contribution in [3.8, 4) is 5.75 Å². The number of nitrogens with zero attached hydrogens (tertiary/aromatic N) is 1. The number of nitro groups is 1. The molecule has 120 valence electrons. The molecule has 3 aromatic carbocycles. The highest BCUT2D eigenvalue weighted by molar-refractivity contribution is 6.30. The third kappa shape index (κ3) is 3.73. The number of rotatable bonds is 5. The van der Waals surface area contributed by atoms with E-state index >= 15 is 0 Å². The van der Waals surface area contributed by atoms with Crippen molar-refractivity contribution >= 4 is 28.4 Å². The molecule has 0 aliphatic carbocycles. The molecule has 3 rings (SSSR count). The molecule has 0 atom stereocenters. The van der Waals surface area contributed by atoms with Crippen LogP contribution < -0.4 is 4.74 Å². The molecule has 0 heterocycles. The number of benzene rings is 3. The van der Waals surface area contributed by atoms with Crippen LogP contribution in [0.1, 0.15) is 11.1 Å². The van der Waals surface area contributed by atoms with Crippen LogP contribution in [0.25, 0.3) is 16.8 Å². The predicted molar refractivity (Wildman–Crippen MR) is 95.8 cm³/mol. The van der Waals surface area contributed by atoms with Crippen molar-refractivity contribution in [2.45, 2.75) is 6.61 Å². The summed E-state index contributed by atoms with van der Waals surface area (Å²) in [6.45, 7) is 0.356. The third-order valence-corrected chi connectivity index (χ3v) is 3.85. The second-order valence-electron chi connectivity index (χ2n) is 5.21. The lowest BCUT2D eigenvalue weighted by molar-refractivity contribution is -0.400. The SMILES string of the molecule is O=[N+]([O-])C=Cc1c(OCc2ccc(Cl)cc2)ccc2ccccc12. The highest BCUT2D eigenvalue weighted by atomic mass is 35.5. The number of fused-ring (bicyclic) bond motifs is 1. The summed E-state index contributed by atoms with van der Waals surface area (Å²) < 4.78 is 5.89. The van der Waals surface area contributed by atoms with Crippen molar-refractivity contribution in [1.29, 1.82) is 0 Å². The average Bonchev–Trinajstić information content (AvgIpc) is 2.59. The van der Waals surface area contributed by atoms with Gasteiger partial charge < -0.3 is 4.74 Å². The first-order valence-corrected chi connectivity index (χ1v) is 7.72. The van der Waals surface area contributed by atoms with Crippen LogP contribution in [0.2, 0.25) is 5.02 Å². The number of ether oxygens (including phenoxy) is 1. The highest BCUT2D eigenvalue weighted by Crippen LogP contribution is 2.30. The van der Waals surface area contributed by atoms with Crippen LogP contribution in [-0.2, 0) is 6.61 Å². The smallest absolute Gasteiger partial charge is 0.235 e. The van der Waals surface area contributed by atoms with E-state index in [4.69, 9.17) is 16.3 Å². The molecule has 0 saturated carbocycles. The first-order chi connectivity index (χ1) is 11.6. The summed E-state index contributed by atoms with van der Waals surface area (Å²) in [5, 5.41) is 13.3. The van der Waals surface area contributed by atoms with Gasteiger partial charge >= 0.3 is 0 Å². The molecule has 24 heavy (non-hydrogen) atoms. The van der Waals surface area contributed by atoms with Crippen LogP contribution in [0.5, 0.6) is 5.75 Å². The van der Waals surface area contributed by atoms with E-state index in [-0.39, 0.29) is 0 Å². The van der Waals surface area contributed by atoms with Gasteiger partial charge in [-0.1, -0.05) is 54.1 Å². The lowest BCUT2D eigenvalue weighted by Gasteiger charge is -2.12. The molecule has 0 radical (unpaired) electrons. The fourth-order valence-corrected chi connectivity index (χ4v) is 2.58. The summed E-state index contributed by atoms with van der Waals surface area (Å²) in [6.07, 6.45) is 2.40. The first-order valence-electron chi connectivity index (χ1n) is 7.34. The maximum Gasteiger partial charge on any atom is 0.235 e. The number of hydrogen-bond acceptors (Lipinski definition) is 3. The fraction of sp³-hybridized carbons (Fsp3) is 0.0526. The van der Waals surface area contributed by atoms with Crippen LogP contribution in [0, 0.1) is 10.1 Å². The maximum atomic E-state index is 10.7. The van der Waals surface area contributed by atoms with Crippen molar-refractivity contribution < 1.29 is 9.66 Å². The molecule has 0 saturated heterocycles. The van der Waals surface area contributed by atoms with E-state index in [0.717, 1.165) is 22.5 Å². The molecule has 0 amide bonds. The van der Waals surface area contributed by atoms with Gasteiger partial charge in [-0.15, -0.1) is 0 Å². The van der Waals surface area contributed by atoms with Gasteiger partial charge in [-0.2, -0.15) is 0 Å². The molecular weight excluding hydrogens is 326 g/mol. The van der Waals surface area contributed by atoms with Gasteiger partial charge in [-0.3, -0.25) is 10.1 Å². The zero-order valence-electron chi connectivity index (χ0n) is 12.7. The Kier molecular flexibility index (Phi) is 4.77. The van der Waals surface area contributed by atoms with E-state index < -0.39 is 4.92 Å². The van der Waals surface area contributed by atoms with E-state index in [0.29, 0.717) is 22.9 Å². The largest absolute Gasteiger partial charge is 0.488 e. The van der Waals surface area contributed by atoms with E-state index in [2.05, 4.69) is 0 Å². The van der Waals surface area contributed by atoms with Gasteiger partial charge in [-0.25, -0.2) is 0 Å². The lowest BCUT2D eigenvalue weighted by atomic mass is 10.0. The molecule has 4 nitrogen and oxygen atoms in total. The van der Waals surface area contributed by atoms with Gasteiger partial charge in [0.2, 0.25) is 6.20 Å². The standard InChI is InChI=1S/C19H14ClNO3/c20-16-8-5-14(6-9-16)13-24-19-10-7-15-3-1-2-4-17(15)18(19)11-12-21(22)23/h1-12H,13H2. The van der Waals surface area contributed by atoms with Gasteiger partial charge in [0.1, 0.15) is 12.4 Å². The molecule has 0 aromatic heterocycles. The number of hydrogen-bond donors (Lipinski definition) is 0. The minimum absolute atomic E-state index is 0.356. The Bertz CT molecular complexity index is 904. The minimum atomic E-state index is -0.481. The van der Waals surface area contributed by atoms with E-state index in [9.17, 15) is 10.1 Å². The summed E-state index contributed by atoms with van der Waals surface area (Å²) in [7, 11) is 0. The Balaban J connectivity index is 1.95. The summed E-state index contributed by atoms with van der Waals surface area (Å²) in [5.74, 6) is 0.599. The van der Waals surface area contributed by atoms with Crippen LogP contribution in [0.3, 0.4) is 0 Å². The van der Waals surface area contributed by atoms with Crippen LogP contribution in [0.4, 0.5) is 0 Å². The average molecular weight is 340 g/mol. The highest BCUT2D eigenvalue weighted by Gasteiger charge is 2.08. The van der Waals surface area contributed by atoms with Crippen molar-refractivity contribution in [3.63, 3.8) is 0 Å². The van der Waals surface area contributed by atoms with E-state index in [1.807, 2.05) is 48.5 Å². The third-order valence-electron chi connectivity index (χ3n) is 3.60. The van der Waals surface area contributed by atoms with E-state index in [1.165, 1.54) is 6.08 Å². The zero-order valence-corrected chi connectivity index (χ0v) is 13.4. The van der Waals surface area contributed by atoms with Crippen LogP contribution in [-0.4, -0.2) is 4.92 Å². The summed E-state index contributed by atoms with van der Waals surface area (Å²) >= 11 is 5.88. The van der Waals surface area contributed by atoms with Gasteiger partial charge in [0, 0.05) is 16.7 Å². The molecule has 0 unspecified atom stereocenters. The Morgan fingerprint density at radius 3 is 2.54 bits per heavy atom.